The molecule has 1 fully saturated rings. The fourth-order valence-electron chi connectivity index (χ4n) is 2.48. The molecule has 0 unspecified atom stereocenters. The summed E-state index contributed by atoms with van der Waals surface area (Å²) in [6.45, 7) is 11.0. The van der Waals surface area contributed by atoms with E-state index in [1.807, 2.05) is 0 Å². The van der Waals surface area contributed by atoms with Gasteiger partial charge in [-0.05, 0) is 32.5 Å². The Morgan fingerprint density at radius 1 is 1.22 bits per heavy atom. The summed E-state index contributed by atoms with van der Waals surface area (Å²) in [6.07, 6.45) is 0.620. The third kappa shape index (κ3) is 3.83. The van der Waals surface area contributed by atoms with Gasteiger partial charge in [0, 0.05) is 13.1 Å². The molecular formula is C14H24N2O2. The van der Waals surface area contributed by atoms with Crippen LogP contribution in [0.3, 0.4) is 0 Å². The molecule has 0 bridgehead atoms. The molecule has 0 aliphatic carbocycles. The van der Waals surface area contributed by atoms with Crippen LogP contribution in [-0.2, 0) is 17.8 Å². The van der Waals surface area contributed by atoms with Crippen LogP contribution >= 0.6 is 0 Å². The number of morpholine rings is 1. The van der Waals surface area contributed by atoms with E-state index in [-0.39, 0.29) is 0 Å². The second kappa shape index (κ2) is 6.36. The van der Waals surface area contributed by atoms with E-state index in [1.54, 1.807) is 0 Å². The fourth-order valence-corrected chi connectivity index (χ4v) is 2.48. The van der Waals surface area contributed by atoms with Crippen molar-refractivity contribution in [3.05, 3.63) is 23.7 Å². The quantitative estimate of drug-likeness (QED) is 0.870. The molecule has 1 saturated heterocycles. The lowest BCUT2D eigenvalue weighted by Crippen LogP contribution is -2.44. The molecular weight excluding hydrogens is 228 g/mol. The molecule has 102 valence electrons. The van der Waals surface area contributed by atoms with Crippen molar-refractivity contribution in [2.24, 2.45) is 0 Å². The van der Waals surface area contributed by atoms with E-state index in [4.69, 9.17) is 9.15 Å². The molecule has 2 heterocycles. The third-order valence-electron chi connectivity index (χ3n) is 3.14. The summed E-state index contributed by atoms with van der Waals surface area (Å²) in [5.41, 5.74) is 0. The van der Waals surface area contributed by atoms with Crippen LogP contribution in [0.2, 0.25) is 0 Å². The number of nitrogens with one attached hydrogen (secondary N) is 1. The topological polar surface area (TPSA) is 37.6 Å². The molecule has 0 saturated carbocycles. The normalized spacial score (nSPS) is 25.5. The van der Waals surface area contributed by atoms with E-state index in [0.717, 1.165) is 44.2 Å². The van der Waals surface area contributed by atoms with Crippen LogP contribution in [0, 0.1) is 0 Å². The van der Waals surface area contributed by atoms with Crippen molar-refractivity contribution in [3.63, 3.8) is 0 Å². The van der Waals surface area contributed by atoms with Crippen molar-refractivity contribution in [2.45, 2.75) is 46.1 Å². The fraction of sp³-hybridized carbons (Fsp3) is 0.714. The summed E-state index contributed by atoms with van der Waals surface area (Å²) in [5, 5.41) is 3.27. The Kier molecular flexibility index (Phi) is 4.80. The minimum atomic E-state index is 0.310. The lowest BCUT2D eigenvalue weighted by molar-refractivity contribution is -0.0718. The highest BCUT2D eigenvalue weighted by Crippen LogP contribution is 2.16. The SMILES string of the molecule is CCNCc1ccc(CN2C[C@@H](C)O[C@@H](C)C2)o1. The monoisotopic (exact) mass is 252 g/mol. The molecule has 0 aromatic carbocycles. The van der Waals surface area contributed by atoms with Crippen LogP contribution in [0.5, 0.6) is 0 Å². The van der Waals surface area contributed by atoms with Gasteiger partial charge in [-0.2, -0.15) is 0 Å². The summed E-state index contributed by atoms with van der Waals surface area (Å²) in [6, 6.07) is 4.14. The number of hydrogen-bond acceptors (Lipinski definition) is 4. The summed E-state index contributed by atoms with van der Waals surface area (Å²) in [4.78, 5) is 2.40. The van der Waals surface area contributed by atoms with Crippen molar-refractivity contribution in [2.75, 3.05) is 19.6 Å². The molecule has 1 aliphatic rings. The molecule has 0 radical (unpaired) electrons. The Balaban J connectivity index is 1.86. The lowest BCUT2D eigenvalue weighted by Gasteiger charge is -2.34. The number of furan rings is 1. The smallest absolute Gasteiger partial charge is 0.118 e. The minimum absolute atomic E-state index is 0.310. The van der Waals surface area contributed by atoms with E-state index in [2.05, 4.69) is 43.1 Å². The number of ether oxygens (including phenoxy) is 1. The molecule has 4 nitrogen and oxygen atoms in total. The second-order valence-corrected chi connectivity index (χ2v) is 5.10. The highest BCUT2D eigenvalue weighted by atomic mass is 16.5. The first-order chi connectivity index (χ1) is 8.67. The van der Waals surface area contributed by atoms with Crippen LogP contribution in [0.1, 0.15) is 32.3 Å². The van der Waals surface area contributed by atoms with E-state index in [0.29, 0.717) is 12.2 Å². The average molecular weight is 252 g/mol. The first-order valence-corrected chi connectivity index (χ1v) is 6.83. The summed E-state index contributed by atoms with van der Waals surface area (Å²) in [7, 11) is 0. The minimum Gasteiger partial charge on any atom is -0.463 e. The van der Waals surface area contributed by atoms with Crippen molar-refractivity contribution in [3.8, 4) is 0 Å². The van der Waals surface area contributed by atoms with E-state index < -0.39 is 0 Å². The number of rotatable bonds is 5. The van der Waals surface area contributed by atoms with Crippen LogP contribution in [0.15, 0.2) is 16.5 Å². The van der Waals surface area contributed by atoms with Crippen LogP contribution in [0.25, 0.3) is 0 Å². The molecule has 2 atom stereocenters. The lowest BCUT2D eigenvalue weighted by atomic mass is 10.2. The van der Waals surface area contributed by atoms with Gasteiger partial charge in [-0.1, -0.05) is 6.92 Å². The molecule has 0 amide bonds. The van der Waals surface area contributed by atoms with Crippen molar-refractivity contribution in [1.29, 1.82) is 0 Å². The van der Waals surface area contributed by atoms with E-state index in [9.17, 15) is 0 Å². The zero-order valence-corrected chi connectivity index (χ0v) is 11.6. The maximum absolute atomic E-state index is 5.81. The largest absolute Gasteiger partial charge is 0.463 e. The van der Waals surface area contributed by atoms with Crippen molar-refractivity contribution >= 4 is 0 Å². The van der Waals surface area contributed by atoms with Gasteiger partial charge in [0.25, 0.3) is 0 Å². The predicted octanol–water partition coefficient (Wildman–Crippen LogP) is 2.00. The Hall–Kier alpha value is -0.840. The molecule has 0 spiro atoms. The van der Waals surface area contributed by atoms with Gasteiger partial charge in [-0.3, -0.25) is 4.90 Å². The first-order valence-electron chi connectivity index (χ1n) is 6.83. The van der Waals surface area contributed by atoms with Gasteiger partial charge in [0.2, 0.25) is 0 Å². The van der Waals surface area contributed by atoms with Gasteiger partial charge in [0.1, 0.15) is 11.5 Å². The van der Waals surface area contributed by atoms with E-state index in [1.165, 1.54) is 0 Å². The third-order valence-corrected chi connectivity index (χ3v) is 3.14. The maximum Gasteiger partial charge on any atom is 0.118 e. The number of hydrogen-bond donors (Lipinski definition) is 1. The predicted molar refractivity (Wildman–Crippen MR) is 71.4 cm³/mol. The summed E-state index contributed by atoms with van der Waals surface area (Å²) in [5.74, 6) is 2.06. The zero-order valence-electron chi connectivity index (χ0n) is 11.6. The van der Waals surface area contributed by atoms with Gasteiger partial charge in [0.15, 0.2) is 0 Å². The molecule has 18 heavy (non-hydrogen) atoms. The molecule has 1 aliphatic heterocycles. The van der Waals surface area contributed by atoms with Crippen LogP contribution in [0.4, 0.5) is 0 Å². The van der Waals surface area contributed by atoms with Gasteiger partial charge < -0.3 is 14.5 Å². The van der Waals surface area contributed by atoms with Crippen LogP contribution in [-0.4, -0.2) is 36.7 Å². The zero-order chi connectivity index (χ0) is 13.0. The first kappa shape index (κ1) is 13.6. The summed E-state index contributed by atoms with van der Waals surface area (Å²) >= 11 is 0. The Morgan fingerprint density at radius 2 is 1.89 bits per heavy atom. The molecule has 1 N–H and O–H groups in total. The van der Waals surface area contributed by atoms with Crippen molar-refractivity contribution < 1.29 is 9.15 Å². The Morgan fingerprint density at radius 3 is 2.56 bits per heavy atom. The van der Waals surface area contributed by atoms with Gasteiger partial charge in [-0.25, -0.2) is 0 Å². The molecule has 1 aromatic heterocycles. The second-order valence-electron chi connectivity index (χ2n) is 5.10. The highest BCUT2D eigenvalue weighted by Gasteiger charge is 2.22. The van der Waals surface area contributed by atoms with E-state index >= 15 is 0 Å². The Labute approximate surface area is 109 Å². The highest BCUT2D eigenvalue weighted by molar-refractivity contribution is 5.07. The summed E-state index contributed by atoms with van der Waals surface area (Å²) < 4.78 is 11.5. The number of nitrogens with zero attached hydrogens (tertiary/aromatic N) is 1. The van der Waals surface area contributed by atoms with Crippen LogP contribution < -0.4 is 5.32 Å². The molecule has 2 rings (SSSR count). The van der Waals surface area contributed by atoms with Gasteiger partial charge in [0.05, 0.1) is 25.3 Å². The van der Waals surface area contributed by atoms with Gasteiger partial charge >= 0.3 is 0 Å². The Bertz CT molecular complexity index is 354. The standard InChI is InChI=1S/C14H24N2O2/c1-4-15-7-13-5-6-14(18-13)10-16-8-11(2)17-12(3)9-16/h5-6,11-12,15H,4,7-10H2,1-3H3/t11-,12+. The van der Waals surface area contributed by atoms with Crippen molar-refractivity contribution in [1.82, 2.24) is 10.2 Å². The molecule has 4 heteroatoms. The average Bonchev–Trinajstić information content (AvgIpc) is 2.72. The molecule has 1 aromatic rings. The maximum atomic E-state index is 5.81. The van der Waals surface area contributed by atoms with Gasteiger partial charge in [-0.15, -0.1) is 0 Å².